The summed E-state index contributed by atoms with van der Waals surface area (Å²) >= 11 is 1.75. The molecule has 0 saturated heterocycles. The zero-order valence-electron chi connectivity index (χ0n) is 23.5. The topological polar surface area (TPSA) is 82.3 Å². The Labute approximate surface area is 239 Å². The number of imidazole rings is 1. The van der Waals surface area contributed by atoms with Gasteiger partial charge in [0, 0.05) is 38.1 Å². The van der Waals surface area contributed by atoms with Crippen molar-refractivity contribution in [2.24, 2.45) is 5.92 Å². The summed E-state index contributed by atoms with van der Waals surface area (Å²) in [6.45, 7) is 18.8. The number of allylic oxidation sites excluding steroid dienone is 6. The standard InChI is InChI=1S/C33H36N6S/c1-7-23(19-25(8-2)35-22(6)24-12-10-11-13-24)20(4)18-27-28(9-3)38-39-31(27)33-36-30-26(16-17-34-32(30)37-33)29-15-14-21(5)40-29/h7-9,14-19,24,35,38H,2,4,6,10-13H2,1,3,5H3,(H,34,36,37)/b23-7+,25-19+,27-18+,28-9+. The minimum absolute atomic E-state index is 0.519. The van der Waals surface area contributed by atoms with Gasteiger partial charge < -0.3 is 10.3 Å². The Balaban J connectivity index is 1.50. The van der Waals surface area contributed by atoms with Crippen molar-refractivity contribution in [1.82, 2.24) is 30.5 Å². The van der Waals surface area contributed by atoms with E-state index < -0.39 is 0 Å². The largest absolute Gasteiger partial charge is 0.359 e. The normalized spacial score (nSPS) is 15.8. The first kappa shape index (κ1) is 27.3. The fourth-order valence-electron chi connectivity index (χ4n) is 5.21. The van der Waals surface area contributed by atoms with E-state index in [1.54, 1.807) is 17.5 Å². The Hall–Kier alpha value is -4.23. The molecule has 5 rings (SSSR count). The number of aromatic nitrogens is 5. The number of H-pyrrole nitrogens is 2. The lowest BCUT2D eigenvalue weighted by Crippen LogP contribution is -2.24. The highest BCUT2D eigenvalue weighted by Crippen LogP contribution is 2.33. The van der Waals surface area contributed by atoms with Crippen LogP contribution < -0.4 is 15.9 Å². The Kier molecular flexibility index (Phi) is 8.12. The van der Waals surface area contributed by atoms with Gasteiger partial charge in [0.05, 0.1) is 10.9 Å². The quantitative estimate of drug-likeness (QED) is 0.200. The van der Waals surface area contributed by atoms with E-state index in [1.807, 2.05) is 32.1 Å². The van der Waals surface area contributed by atoms with Crippen LogP contribution in [0.25, 0.3) is 45.3 Å². The van der Waals surface area contributed by atoms with Crippen molar-refractivity contribution in [3.05, 3.63) is 100 Å². The number of rotatable bonds is 9. The number of aryl methyl sites for hydroxylation is 1. The van der Waals surface area contributed by atoms with Crippen molar-refractivity contribution in [1.29, 1.82) is 0 Å². The van der Waals surface area contributed by atoms with Gasteiger partial charge in [-0.1, -0.05) is 44.7 Å². The van der Waals surface area contributed by atoms with Crippen LogP contribution in [0.2, 0.25) is 0 Å². The minimum atomic E-state index is 0.519. The molecule has 40 heavy (non-hydrogen) atoms. The molecule has 0 radical (unpaired) electrons. The number of hydrogen-bond donors (Lipinski definition) is 3. The van der Waals surface area contributed by atoms with Crippen molar-refractivity contribution in [3.8, 4) is 22.0 Å². The second-order valence-electron chi connectivity index (χ2n) is 10.1. The molecule has 0 unspecified atom stereocenters. The van der Waals surface area contributed by atoms with Crippen LogP contribution in [0.3, 0.4) is 0 Å². The lowest BCUT2D eigenvalue weighted by Gasteiger charge is -2.16. The Bertz CT molecular complexity index is 1770. The maximum Gasteiger partial charge on any atom is 0.178 e. The smallest absolute Gasteiger partial charge is 0.178 e. The molecule has 0 bridgehead atoms. The number of nitrogens with one attached hydrogen (secondary N) is 3. The van der Waals surface area contributed by atoms with Gasteiger partial charge in [-0.05, 0) is 87.1 Å². The Morgan fingerprint density at radius 2 is 1.95 bits per heavy atom. The number of thiophene rings is 1. The van der Waals surface area contributed by atoms with E-state index in [9.17, 15) is 0 Å². The second kappa shape index (κ2) is 11.9. The first-order chi connectivity index (χ1) is 19.4. The highest BCUT2D eigenvalue weighted by molar-refractivity contribution is 7.15. The van der Waals surface area contributed by atoms with E-state index in [-0.39, 0.29) is 0 Å². The first-order valence-corrected chi connectivity index (χ1v) is 14.5. The van der Waals surface area contributed by atoms with Gasteiger partial charge >= 0.3 is 0 Å². The lowest BCUT2D eigenvalue weighted by atomic mass is 10.0. The third kappa shape index (κ3) is 5.56. The van der Waals surface area contributed by atoms with Crippen LogP contribution in [0.4, 0.5) is 0 Å². The molecule has 1 aliphatic rings. The summed E-state index contributed by atoms with van der Waals surface area (Å²) in [7, 11) is 0. The number of aromatic amines is 2. The molecule has 4 aromatic heterocycles. The van der Waals surface area contributed by atoms with Gasteiger partial charge in [-0.2, -0.15) is 5.10 Å². The zero-order chi connectivity index (χ0) is 28.2. The molecule has 4 heterocycles. The van der Waals surface area contributed by atoms with Crippen LogP contribution in [-0.4, -0.2) is 25.1 Å². The van der Waals surface area contributed by atoms with Crippen LogP contribution >= 0.6 is 11.3 Å². The van der Waals surface area contributed by atoms with E-state index >= 15 is 0 Å². The molecule has 0 amide bonds. The summed E-state index contributed by atoms with van der Waals surface area (Å²) in [6.07, 6.45) is 16.7. The van der Waals surface area contributed by atoms with E-state index in [4.69, 9.17) is 4.98 Å². The van der Waals surface area contributed by atoms with Crippen molar-refractivity contribution in [2.45, 2.75) is 46.5 Å². The zero-order valence-corrected chi connectivity index (χ0v) is 24.3. The summed E-state index contributed by atoms with van der Waals surface area (Å²) in [5, 5.41) is 13.1. The molecule has 0 atom stereocenters. The number of hydrogen-bond acceptors (Lipinski definition) is 5. The second-order valence-corrected chi connectivity index (χ2v) is 11.4. The summed E-state index contributed by atoms with van der Waals surface area (Å²) in [4.78, 5) is 15.3. The third-order valence-corrected chi connectivity index (χ3v) is 8.46. The van der Waals surface area contributed by atoms with E-state index in [2.05, 4.69) is 82.5 Å². The van der Waals surface area contributed by atoms with Crippen molar-refractivity contribution in [2.75, 3.05) is 0 Å². The van der Waals surface area contributed by atoms with Crippen LogP contribution in [0.5, 0.6) is 0 Å². The molecule has 7 heteroatoms. The molecular formula is C33H36N6S. The SMILES string of the molecule is C=C/C(=C\C(=C/C)C(=C)/C=c1/c(-c2nc3nccc(-c4ccc(C)s4)c3[nH]2)n[nH]/c1=C/C)NC(=C)C1CCCC1. The summed E-state index contributed by atoms with van der Waals surface area (Å²) in [5.41, 5.74) is 7.17. The van der Waals surface area contributed by atoms with Crippen LogP contribution in [0, 0.1) is 12.8 Å². The number of nitrogens with zero attached hydrogens (tertiary/aromatic N) is 3. The first-order valence-electron chi connectivity index (χ1n) is 13.7. The molecule has 1 saturated carbocycles. The highest BCUT2D eigenvalue weighted by Gasteiger charge is 2.18. The monoisotopic (exact) mass is 548 g/mol. The molecular weight excluding hydrogens is 512 g/mol. The van der Waals surface area contributed by atoms with Gasteiger partial charge in [0.25, 0.3) is 0 Å². The van der Waals surface area contributed by atoms with Gasteiger partial charge in [-0.25, -0.2) is 9.97 Å². The van der Waals surface area contributed by atoms with E-state index in [0.29, 0.717) is 17.4 Å². The molecule has 1 aliphatic carbocycles. The number of fused-ring (bicyclic) bond motifs is 1. The molecule has 4 aromatic rings. The average molecular weight is 549 g/mol. The molecule has 3 N–H and O–H groups in total. The van der Waals surface area contributed by atoms with E-state index in [1.165, 1.54) is 35.4 Å². The predicted octanol–water partition coefficient (Wildman–Crippen LogP) is 6.83. The van der Waals surface area contributed by atoms with Gasteiger partial charge in [-0.3, -0.25) is 5.10 Å². The molecule has 6 nitrogen and oxygen atoms in total. The Morgan fingerprint density at radius 1 is 1.15 bits per heavy atom. The van der Waals surface area contributed by atoms with Crippen molar-refractivity contribution >= 4 is 34.7 Å². The lowest BCUT2D eigenvalue weighted by molar-refractivity contribution is 0.607. The summed E-state index contributed by atoms with van der Waals surface area (Å²) in [6, 6.07) is 6.29. The molecule has 0 spiro atoms. The van der Waals surface area contributed by atoms with Crippen LogP contribution in [0.15, 0.2) is 84.9 Å². The summed E-state index contributed by atoms with van der Waals surface area (Å²) < 4.78 is 0. The number of pyridine rings is 1. The van der Waals surface area contributed by atoms with Gasteiger partial charge in [0.1, 0.15) is 5.69 Å². The maximum atomic E-state index is 4.82. The summed E-state index contributed by atoms with van der Waals surface area (Å²) in [5.74, 6) is 1.18. The van der Waals surface area contributed by atoms with Gasteiger partial charge in [-0.15, -0.1) is 11.3 Å². The van der Waals surface area contributed by atoms with Crippen molar-refractivity contribution < 1.29 is 0 Å². The van der Waals surface area contributed by atoms with Gasteiger partial charge in [0.15, 0.2) is 11.5 Å². The molecule has 204 valence electrons. The third-order valence-electron chi connectivity index (χ3n) is 7.43. The van der Waals surface area contributed by atoms with Crippen molar-refractivity contribution in [3.63, 3.8) is 0 Å². The molecule has 1 fully saturated rings. The minimum Gasteiger partial charge on any atom is -0.359 e. The Morgan fingerprint density at radius 3 is 2.62 bits per heavy atom. The fraction of sp³-hybridized carbons (Fsp3) is 0.242. The predicted molar refractivity (Wildman–Crippen MR) is 169 cm³/mol. The van der Waals surface area contributed by atoms with Crippen LogP contribution in [0.1, 0.15) is 44.4 Å². The molecule has 0 aromatic carbocycles. The van der Waals surface area contributed by atoms with E-state index in [0.717, 1.165) is 49.9 Å². The van der Waals surface area contributed by atoms with Gasteiger partial charge in [0.2, 0.25) is 0 Å². The highest BCUT2D eigenvalue weighted by atomic mass is 32.1. The fourth-order valence-corrected chi connectivity index (χ4v) is 6.11. The molecule has 0 aliphatic heterocycles. The average Bonchev–Trinajstić information content (AvgIpc) is 3.76. The van der Waals surface area contributed by atoms with Crippen LogP contribution in [-0.2, 0) is 0 Å². The maximum absolute atomic E-state index is 4.82.